The van der Waals surface area contributed by atoms with Crippen molar-refractivity contribution in [1.82, 2.24) is 4.57 Å². The van der Waals surface area contributed by atoms with E-state index in [-0.39, 0.29) is 11.6 Å². The van der Waals surface area contributed by atoms with Gasteiger partial charge in [-0.2, -0.15) is 0 Å². The molecule has 0 spiro atoms. The van der Waals surface area contributed by atoms with E-state index in [2.05, 4.69) is 0 Å². The van der Waals surface area contributed by atoms with Crippen LogP contribution < -0.4 is 10.3 Å². The van der Waals surface area contributed by atoms with Crippen molar-refractivity contribution >= 4 is 5.97 Å². The van der Waals surface area contributed by atoms with Crippen LogP contribution in [0.2, 0.25) is 0 Å². The van der Waals surface area contributed by atoms with Crippen LogP contribution in [0.15, 0.2) is 41.2 Å². The highest BCUT2D eigenvalue weighted by atomic mass is 16.5. The fourth-order valence-electron chi connectivity index (χ4n) is 2.49. The first-order valence-corrected chi connectivity index (χ1v) is 6.75. The van der Waals surface area contributed by atoms with Gasteiger partial charge < -0.3 is 14.4 Å². The van der Waals surface area contributed by atoms with E-state index >= 15 is 0 Å². The van der Waals surface area contributed by atoms with Crippen molar-refractivity contribution in [2.45, 2.75) is 18.9 Å². The second kappa shape index (κ2) is 5.09. The Morgan fingerprint density at radius 1 is 1.24 bits per heavy atom. The normalized spacial score (nSPS) is 14.0. The van der Waals surface area contributed by atoms with Crippen LogP contribution >= 0.6 is 0 Å². The summed E-state index contributed by atoms with van der Waals surface area (Å²) in [7, 11) is 1.57. The molecule has 0 aliphatic heterocycles. The lowest BCUT2D eigenvalue weighted by molar-refractivity contribution is 0.0694. The predicted octanol–water partition coefficient (Wildman–Crippen LogP) is 2.56. The first-order valence-electron chi connectivity index (χ1n) is 6.75. The van der Waals surface area contributed by atoms with Gasteiger partial charge in [0, 0.05) is 11.6 Å². The van der Waals surface area contributed by atoms with Gasteiger partial charge in [0.1, 0.15) is 11.3 Å². The minimum Gasteiger partial charge on any atom is -0.496 e. The number of nitrogens with zero attached hydrogens (tertiary/aromatic N) is 1. The lowest BCUT2D eigenvalue weighted by Gasteiger charge is -2.15. The Bertz CT molecular complexity index is 759. The lowest BCUT2D eigenvalue weighted by atomic mass is 10.1. The molecule has 1 fully saturated rings. The molecule has 1 aromatic heterocycles. The van der Waals surface area contributed by atoms with Crippen molar-refractivity contribution in [3.63, 3.8) is 0 Å². The fourth-order valence-corrected chi connectivity index (χ4v) is 2.49. The highest BCUT2D eigenvalue weighted by Crippen LogP contribution is 2.39. The zero-order valence-electron chi connectivity index (χ0n) is 11.6. The van der Waals surface area contributed by atoms with Gasteiger partial charge in [0.15, 0.2) is 0 Å². The van der Waals surface area contributed by atoms with E-state index in [9.17, 15) is 9.59 Å². The molecule has 5 heteroatoms. The van der Waals surface area contributed by atoms with E-state index in [1.165, 1.54) is 6.07 Å². The number of pyridine rings is 1. The second-order valence-electron chi connectivity index (χ2n) is 5.04. The summed E-state index contributed by atoms with van der Waals surface area (Å²) in [5.74, 6) is -0.532. The average molecular weight is 285 g/mol. The topological polar surface area (TPSA) is 68.5 Å². The van der Waals surface area contributed by atoms with Gasteiger partial charge >= 0.3 is 5.97 Å². The highest BCUT2D eigenvalue weighted by molar-refractivity contribution is 5.87. The monoisotopic (exact) mass is 285 g/mol. The van der Waals surface area contributed by atoms with Crippen LogP contribution in [-0.4, -0.2) is 22.8 Å². The summed E-state index contributed by atoms with van der Waals surface area (Å²) in [6, 6.07) is 10.5. The number of para-hydroxylation sites is 1. The average Bonchev–Trinajstić information content (AvgIpc) is 3.31. The molecule has 0 radical (unpaired) electrons. The van der Waals surface area contributed by atoms with Gasteiger partial charge in [-0.05, 0) is 37.1 Å². The zero-order chi connectivity index (χ0) is 15.0. The molecule has 21 heavy (non-hydrogen) atoms. The van der Waals surface area contributed by atoms with Gasteiger partial charge in [-0.15, -0.1) is 0 Å². The predicted molar refractivity (Wildman–Crippen MR) is 77.9 cm³/mol. The molecule has 1 saturated carbocycles. The van der Waals surface area contributed by atoms with Crippen LogP contribution in [0.3, 0.4) is 0 Å². The Labute approximate surface area is 121 Å². The molecule has 0 saturated heterocycles. The largest absolute Gasteiger partial charge is 0.496 e. The number of rotatable bonds is 4. The summed E-state index contributed by atoms with van der Waals surface area (Å²) in [6.07, 6.45) is 1.79. The SMILES string of the molecule is COc1ccccc1-c1ccc(C(=O)O)c(=O)n1C1CC1. The third kappa shape index (κ3) is 2.31. The number of methoxy groups -OCH3 is 1. The van der Waals surface area contributed by atoms with Crippen molar-refractivity contribution in [2.24, 2.45) is 0 Å². The van der Waals surface area contributed by atoms with Crippen molar-refractivity contribution in [2.75, 3.05) is 7.11 Å². The smallest absolute Gasteiger partial charge is 0.341 e. The molecule has 1 aromatic carbocycles. The lowest BCUT2D eigenvalue weighted by Crippen LogP contribution is -2.26. The summed E-state index contributed by atoms with van der Waals surface area (Å²) >= 11 is 0. The molecule has 0 bridgehead atoms. The van der Waals surface area contributed by atoms with Crippen molar-refractivity contribution < 1.29 is 14.6 Å². The molecule has 5 nitrogen and oxygen atoms in total. The zero-order valence-corrected chi connectivity index (χ0v) is 11.6. The summed E-state index contributed by atoms with van der Waals surface area (Å²) in [5.41, 5.74) is 0.847. The van der Waals surface area contributed by atoms with Gasteiger partial charge in [-0.1, -0.05) is 12.1 Å². The number of ether oxygens (including phenoxy) is 1. The maximum Gasteiger partial charge on any atom is 0.341 e. The standard InChI is InChI=1S/C16H15NO4/c1-21-14-5-3-2-4-11(14)13-9-8-12(16(19)20)15(18)17(13)10-6-7-10/h2-5,8-10H,6-7H2,1H3,(H,19,20). The minimum atomic E-state index is -1.19. The van der Waals surface area contributed by atoms with Crippen molar-refractivity contribution in [1.29, 1.82) is 0 Å². The molecule has 0 atom stereocenters. The van der Waals surface area contributed by atoms with Gasteiger partial charge in [-0.3, -0.25) is 4.79 Å². The number of aromatic carboxylic acids is 1. The third-order valence-electron chi connectivity index (χ3n) is 3.64. The van der Waals surface area contributed by atoms with Gasteiger partial charge in [0.25, 0.3) is 5.56 Å². The molecule has 2 aromatic rings. The molecule has 3 rings (SSSR count). The molecule has 1 heterocycles. The first-order chi connectivity index (χ1) is 10.1. The van der Waals surface area contributed by atoms with Crippen LogP contribution in [0.25, 0.3) is 11.3 Å². The van der Waals surface area contributed by atoms with E-state index in [4.69, 9.17) is 9.84 Å². The molecule has 0 unspecified atom stereocenters. The number of hydrogen-bond acceptors (Lipinski definition) is 3. The number of carboxylic acids is 1. The van der Waals surface area contributed by atoms with Crippen LogP contribution in [0.1, 0.15) is 29.2 Å². The molecule has 1 N–H and O–H groups in total. The van der Waals surface area contributed by atoms with Crippen LogP contribution in [0, 0.1) is 0 Å². The molecule has 108 valence electrons. The quantitative estimate of drug-likeness (QED) is 0.937. The maximum absolute atomic E-state index is 12.4. The fraction of sp³-hybridized carbons (Fsp3) is 0.250. The third-order valence-corrected chi connectivity index (χ3v) is 3.64. The van der Waals surface area contributed by atoms with Crippen molar-refractivity contribution in [3.05, 3.63) is 52.3 Å². The van der Waals surface area contributed by atoms with E-state index in [1.54, 1.807) is 17.7 Å². The highest BCUT2D eigenvalue weighted by Gasteiger charge is 2.29. The Morgan fingerprint density at radius 2 is 1.95 bits per heavy atom. The van der Waals surface area contributed by atoms with Crippen molar-refractivity contribution in [3.8, 4) is 17.0 Å². The van der Waals surface area contributed by atoms with E-state index in [1.807, 2.05) is 24.3 Å². The molecule has 0 amide bonds. The van der Waals surface area contributed by atoms with Gasteiger partial charge in [0.05, 0.1) is 12.8 Å². The number of hydrogen-bond donors (Lipinski definition) is 1. The van der Waals surface area contributed by atoms with E-state index in [0.29, 0.717) is 11.4 Å². The van der Waals surface area contributed by atoms with Crippen LogP contribution in [-0.2, 0) is 0 Å². The molecule has 1 aliphatic carbocycles. The van der Waals surface area contributed by atoms with Gasteiger partial charge in [-0.25, -0.2) is 4.79 Å². The number of aromatic nitrogens is 1. The summed E-state index contributed by atoms with van der Waals surface area (Å²) in [6.45, 7) is 0. The van der Waals surface area contributed by atoms with Crippen LogP contribution in [0.4, 0.5) is 0 Å². The Balaban J connectivity index is 2.26. The maximum atomic E-state index is 12.4. The summed E-state index contributed by atoms with van der Waals surface area (Å²) < 4.78 is 6.93. The Morgan fingerprint density at radius 3 is 2.57 bits per heavy atom. The number of benzene rings is 1. The summed E-state index contributed by atoms with van der Waals surface area (Å²) in [5, 5.41) is 9.12. The summed E-state index contributed by atoms with van der Waals surface area (Å²) in [4.78, 5) is 23.6. The Kier molecular flexibility index (Phi) is 3.25. The number of carboxylic acid groups (broad SMARTS) is 1. The van der Waals surface area contributed by atoms with Gasteiger partial charge in [0.2, 0.25) is 0 Å². The van der Waals surface area contributed by atoms with Crippen LogP contribution in [0.5, 0.6) is 5.75 Å². The van der Waals surface area contributed by atoms with E-state index in [0.717, 1.165) is 18.4 Å². The molecular weight excluding hydrogens is 270 g/mol. The first kappa shape index (κ1) is 13.4. The number of carbonyl (C=O) groups is 1. The Hall–Kier alpha value is -2.56. The second-order valence-corrected chi connectivity index (χ2v) is 5.04. The van der Waals surface area contributed by atoms with E-state index < -0.39 is 11.5 Å². The molecule has 1 aliphatic rings. The minimum absolute atomic E-state index is 0.0803. The molecular formula is C16H15NO4.